The fraction of sp³-hybridized carbons (Fsp3) is 0.333. The standard InChI is InChI=1S/C15H16F3N3O3/c16-15(17,18)12-3-1-2-4-13(12)20-14(24)11(9-19)10-21(5-7-22)6-8-23/h1-4,10,22-23H,5-8H2,(H,20,24)/b11-10-. The molecule has 1 rings (SSSR count). The number of aliphatic hydroxyl groups excluding tert-OH is 2. The Hall–Kier alpha value is -2.57. The van der Waals surface area contributed by atoms with Gasteiger partial charge in [0.25, 0.3) is 5.91 Å². The minimum Gasteiger partial charge on any atom is -0.395 e. The Morgan fingerprint density at radius 2 is 1.83 bits per heavy atom. The van der Waals surface area contributed by atoms with Crippen molar-refractivity contribution in [3.63, 3.8) is 0 Å². The van der Waals surface area contributed by atoms with Crippen LogP contribution in [0.1, 0.15) is 5.56 Å². The molecule has 0 spiro atoms. The highest BCUT2D eigenvalue weighted by Gasteiger charge is 2.33. The summed E-state index contributed by atoms with van der Waals surface area (Å²) in [5.74, 6) is -1.02. The van der Waals surface area contributed by atoms with Gasteiger partial charge in [0.2, 0.25) is 0 Å². The second-order valence-electron chi connectivity index (χ2n) is 4.64. The number of nitriles is 1. The number of carbonyl (C=O) groups excluding carboxylic acids is 1. The van der Waals surface area contributed by atoms with E-state index in [1.54, 1.807) is 6.07 Å². The van der Waals surface area contributed by atoms with Crippen molar-refractivity contribution in [3.05, 3.63) is 41.6 Å². The van der Waals surface area contributed by atoms with Crippen LogP contribution >= 0.6 is 0 Å². The highest BCUT2D eigenvalue weighted by molar-refractivity contribution is 6.06. The predicted molar refractivity (Wildman–Crippen MR) is 79.5 cm³/mol. The lowest BCUT2D eigenvalue weighted by Gasteiger charge is -2.18. The summed E-state index contributed by atoms with van der Waals surface area (Å²) >= 11 is 0. The molecule has 6 nitrogen and oxygen atoms in total. The molecule has 0 aliphatic heterocycles. The molecule has 1 amide bonds. The first-order valence-corrected chi connectivity index (χ1v) is 6.88. The summed E-state index contributed by atoms with van der Waals surface area (Å²) in [6.45, 7) is -0.461. The molecule has 0 heterocycles. The number of benzene rings is 1. The highest BCUT2D eigenvalue weighted by Crippen LogP contribution is 2.34. The van der Waals surface area contributed by atoms with Crippen LogP contribution in [-0.4, -0.2) is 47.3 Å². The van der Waals surface area contributed by atoms with Gasteiger partial charge >= 0.3 is 6.18 Å². The molecule has 0 aliphatic rings. The topological polar surface area (TPSA) is 96.6 Å². The molecule has 0 saturated heterocycles. The molecule has 0 bridgehead atoms. The lowest BCUT2D eigenvalue weighted by molar-refractivity contribution is -0.137. The largest absolute Gasteiger partial charge is 0.418 e. The molecule has 3 N–H and O–H groups in total. The number of carbonyl (C=O) groups is 1. The van der Waals surface area contributed by atoms with Crippen molar-refractivity contribution < 1.29 is 28.2 Å². The SMILES string of the molecule is N#C/C(=C/N(CCO)CCO)C(=O)Nc1ccccc1C(F)(F)F. The number of nitrogens with one attached hydrogen (secondary N) is 1. The van der Waals surface area contributed by atoms with E-state index in [9.17, 15) is 18.0 Å². The van der Waals surface area contributed by atoms with E-state index in [0.29, 0.717) is 0 Å². The van der Waals surface area contributed by atoms with Gasteiger partial charge in [0.05, 0.1) is 24.5 Å². The van der Waals surface area contributed by atoms with E-state index >= 15 is 0 Å². The molecular weight excluding hydrogens is 327 g/mol. The van der Waals surface area contributed by atoms with Crippen molar-refractivity contribution in [1.29, 1.82) is 5.26 Å². The van der Waals surface area contributed by atoms with E-state index in [1.165, 1.54) is 17.0 Å². The normalized spacial score (nSPS) is 11.8. The molecule has 0 unspecified atom stereocenters. The molecule has 0 radical (unpaired) electrons. The number of hydrogen-bond donors (Lipinski definition) is 3. The summed E-state index contributed by atoms with van der Waals surface area (Å²) in [5, 5.41) is 28.9. The Labute approximate surface area is 136 Å². The Kier molecular flexibility index (Phi) is 7.23. The van der Waals surface area contributed by atoms with Gasteiger partial charge in [0, 0.05) is 19.3 Å². The molecule has 0 atom stereocenters. The van der Waals surface area contributed by atoms with Crippen LogP contribution in [0.4, 0.5) is 18.9 Å². The van der Waals surface area contributed by atoms with E-state index in [-0.39, 0.29) is 26.3 Å². The lowest BCUT2D eigenvalue weighted by atomic mass is 10.1. The number of nitrogens with zero attached hydrogens (tertiary/aromatic N) is 2. The van der Waals surface area contributed by atoms with Crippen LogP contribution in [-0.2, 0) is 11.0 Å². The summed E-state index contributed by atoms with van der Waals surface area (Å²) in [4.78, 5) is 13.4. The number of para-hydroxylation sites is 1. The monoisotopic (exact) mass is 343 g/mol. The maximum Gasteiger partial charge on any atom is 0.418 e. The third-order valence-electron chi connectivity index (χ3n) is 2.93. The van der Waals surface area contributed by atoms with E-state index in [4.69, 9.17) is 15.5 Å². The maximum atomic E-state index is 12.9. The van der Waals surface area contributed by atoms with Crippen molar-refractivity contribution in [3.8, 4) is 6.07 Å². The molecule has 0 aliphatic carbocycles. The molecule has 130 valence electrons. The number of rotatable bonds is 7. The molecule has 0 saturated carbocycles. The number of amides is 1. The van der Waals surface area contributed by atoms with Crippen LogP contribution in [0.2, 0.25) is 0 Å². The van der Waals surface area contributed by atoms with Gasteiger partial charge in [-0.1, -0.05) is 12.1 Å². The van der Waals surface area contributed by atoms with Gasteiger partial charge in [-0.2, -0.15) is 18.4 Å². The van der Waals surface area contributed by atoms with Crippen molar-refractivity contribution in [2.24, 2.45) is 0 Å². The van der Waals surface area contributed by atoms with Crippen LogP contribution in [0.5, 0.6) is 0 Å². The van der Waals surface area contributed by atoms with Gasteiger partial charge in [-0.05, 0) is 12.1 Å². The zero-order valence-corrected chi connectivity index (χ0v) is 12.5. The summed E-state index contributed by atoms with van der Waals surface area (Å²) in [5.41, 5.74) is -1.95. The highest BCUT2D eigenvalue weighted by atomic mass is 19.4. The lowest BCUT2D eigenvalue weighted by Crippen LogP contribution is -2.27. The summed E-state index contributed by atoms with van der Waals surface area (Å²) in [6, 6.07) is 5.99. The molecule has 0 aromatic heterocycles. The summed E-state index contributed by atoms with van der Waals surface area (Å²) in [7, 11) is 0. The number of anilines is 1. The number of alkyl halides is 3. The summed E-state index contributed by atoms with van der Waals surface area (Å²) < 4.78 is 38.7. The first-order valence-electron chi connectivity index (χ1n) is 6.88. The second-order valence-corrected chi connectivity index (χ2v) is 4.64. The smallest absolute Gasteiger partial charge is 0.395 e. The van der Waals surface area contributed by atoms with Gasteiger partial charge in [0.15, 0.2) is 0 Å². The Bertz CT molecular complexity index is 633. The maximum absolute atomic E-state index is 12.9. The van der Waals surface area contributed by atoms with E-state index in [1.807, 2.05) is 0 Å². The number of hydrogen-bond acceptors (Lipinski definition) is 5. The Morgan fingerprint density at radius 1 is 1.25 bits per heavy atom. The molecule has 1 aromatic rings. The molecule has 0 fully saturated rings. The van der Waals surface area contributed by atoms with Gasteiger partial charge < -0.3 is 20.4 Å². The third kappa shape index (κ3) is 5.57. The van der Waals surface area contributed by atoms with Crippen LogP contribution in [0.3, 0.4) is 0 Å². The van der Waals surface area contributed by atoms with Crippen molar-refractivity contribution in [2.45, 2.75) is 6.18 Å². The Balaban J connectivity index is 3.03. The van der Waals surface area contributed by atoms with Gasteiger partial charge in [-0.15, -0.1) is 0 Å². The van der Waals surface area contributed by atoms with Gasteiger partial charge in [-0.25, -0.2) is 0 Å². The average molecular weight is 343 g/mol. The first kappa shape index (κ1) is 19.5. The van der Waals surface area contributed by atoms with Crippen molar-refractivity contribution >= 4 is 11.6 Å². The first-order chi connectivity index (χ1) is 11.3. The Morgan fingerprint density at radius 3 is 2.33 bits per heavy atom. The van der Waals surface area contributed by atoms with E-state index in [2.05, 4.69) is 5.32 Å². The average Bonchev–Trinajstić information content (AvgIpc) is 2.52. The fourth-order valence-electron chi connectivity index (χ4n) is 1.85. The van der Waals surface area contributed by atoms with Crippen LogP contribution in [0.25, 0.3) is 0 Å². The molecule has 24 heavy (non-hydrogen) atoms. The fourth-order valence-corrected chi connectivity index (χ4v) is 1.85. The molecule has 1 aromatic carbocycles. The zero-order valence-electron chi connectivity index (χ0n) is 12.5. The quantitative estimate of drug-likeness (QED) is 0.513. The van der Waals surface area contributed by atoms with E-state index < -0.39 is 28.9 Å². The minimum atomic E-state index is -4.65. The van der Waals surface area contributed by atoms with Gasteiger partial charge in [0.1, 0.15) is 11.6 Å². The summed E-state index contributed by atoms with van der Waals surface area (Å²) in [6.07, 6.45) is -3.57. The van der Waals surface area contributed by atoms with Crippen LogP contribution < -0.4 is 5.32 Å². The van der Waals surface area contributed by atoms with Gasteiger partial charge in [-0.3, -0.25) is 4.79 Å². The number of aliphatic hydroxyl groups is 2. The van der Waals surface area contributed by atoms with E-state index in [0.717, 1.165) is 18.3 Å². The van der Waals surface area contributed by atoms with Crippen LogP contribution in [0, 0.1) is 11.3 Å². The second kappa shape index (κ2) is 8.90. The third-order valence-corrected chi connectivity index (χ3v) is 2.93. The number of halogens is 3. The van der Waals surface area contributed by atoms with Crippen molar-refractivity contribution in [2.75, 3.05) is 31.6 Å². The van der Waals surface area contributed by atoms with Crippen molar-refractivity contribution in [1.82, 2.24) is 4.90 Å². The zero-order chi connectivity index (χ0) is 18.2. The van der Waals surface area contributed by atoms with Crippen LogP contribution in [0.15, 0.2) is 36.0 Å². The predicted octanol–water partition coefficient (Wildman–Crippen LogP) is 1.34. The molecular formula is C15H16F3N3O3. The minimum absolute atomic E-state index is 0.0537. The molecule has 9 heteroatoms.